The van der Waals surface area contributed by atoms with Crippen LogP contribution in [0.3, 0.4) is 0 Å². The zero-order chi connectivity index (χ0) is 15.2. The van der Waals surface area contributed by atoms with Gasteiger partial charge in [0, 0.05) is 6.54 Å². The molecule has 112 valence electrons. The molecule has 1 unspecified atom stereocenters. The van der Waals surface area contributed by atoms with Gasteiger partial charge in [-0.1, -0.05) is 0 Å². The predicted octanol–water partition coefficient (Wildman–Crippen LogP) is 0.0939. The molecule has 1 fully saturated rings. The van der Waals surface area contributed by atoms with E-state index < -0.39 is 27.7 Å². The number of aliphatic carboxylic acids is 1. The molecular formula is C12H13N3O5S. The molecule has 2 heterocycles. The summed E-state index contributed by atoms with van der Waals surface area (Å²) < 4.78 is 26.1. The SMILES string of the molecule is O=C(O)C1CCCN1S(=O)(=O)c1ccc2[nH]c(=O)[nH]c2c1. The van der Waals surface area contributed by atoms with Crippen LogP contribution in [0.15, 0.2) is 27.9 Å². The molecule has 9 heteroatoms. The average molecular weight is 311 g/mol. The first kappa shape index (κ1) is 13.8. The zero-order valence-electron chi connectivity index (χ0n) is 10.9. The maximum absolute atomic E-state index is 12.6. The average Bonchev–Trinajstić information content (AvgIpc) is 3.02. The molecule has 0 bridgehead atoms. The van der Waals surface area contributed by atoms with Gasteiger partial charge in [-0.15, -0.1) is 0 Å². The zero-order valence-corrected chi connectivity index (χ0v) is 11.7. The molecule has 1 atom stereocenters. The van der Waals surface area contributed by atoms with E-state index >= 15 is 0 Å². The molecule has 0 radical (unpaired) electrons. The minimum atomic E-state index is -3.90. The fourth-order valence-electron chi connectivity index (χ4n) is 2.58. The van der Waals surface area contributed by atoms with Crippen molar-refractivity contribution in [3.8, 4) is 0 Å². The number of aromatic amines is 2. The van der Waals surface area contributed by atoms with E-state index in [1.807, 2.05) is 0 Å². The van der Waals surface area contributed by atoms with Gasteiger partial charge < -0.3 is 15.1 Å². The number of nitrogens with zero attached hydrogens (tertiary/aromatic N) is 1. The molecule has 1 aromatic heterocycles. The maximum Gasteiger partial charge on any atom is 0.323 e. The highest BCUT2D eigenvalue weighted by atomic mass is 32.2. The highest BCUT2D eigenvalue weighted by Gasteiger charge is 2.39. The summed E-state index contributed by atoms with van der Waals surface area (Å²) in [6.45, 7) is 0.182. The number of H-pyrrole nitrogens is 2. The molecule has 1 saturated heterocycles. The van der Waals surface area contributed by atoms with Crippen molar-refractivity contribution >= 4 is 27.0 Å². The van der Waals surface area contributed by atoms with Crippen LogP contribution in [-0.4, -0.2) is 46.4 Å². The summed E-state index contributed by atoms with van der Waals surface area (Å²) in [6, 6.07) is 3.14. The summed E-state index contributed by atoms with van der Waals surface area (Å²) in [5, 5.41) is 9.11. The number of carbonyl (C=O) groups is 1. The molecule has 0 aliphatic carbocycles. The van der Waals surface area contributed by atoms with Gasteiger partial charge in [-0.05, 0) is 31.0 Å². The molecule has 2 aromatic rings. The topological polar surface area (TPSA) is 123 Å². The van der Waals surface area contributed by atoms with E-state index in [9.17, 15) is 18.0 Å². The Labute approximate surface area is 119 Å². The highest BCUT2D eigenvalue weighted by molar-refractivity contribution is 7.89. The standard InChI is InChI=1S/C12H13N3O5S/c16-11(17)10-2-1-5-15(10)21(19,20)7-3-4-8-9(6-7)14-12(18)13-8/h3-4,6,10H,1-2,5H2,(H,16,17)(H2,13,14,18). The number of nitrogens with one attached hydrogen (secondary N) is 2. The Balaban J connectivity index is 2.07. The van der Waals surface area contributed by atoms with E-state index in [-0.39, 0.29) is 11.4 Å². The number of aromatic nitrogens is 2. The van der Waals surface area contributed by atoms with Crippen LogP contribution >= 0.6 is 0 Å². The second kappa shape index (κ2) is 4.71. The molecule has 1 aliphatic heterocycles. The Kier molecular flexibility index (Phi) is 3.10. The second-order valence-electron chi connectivity index (χ2n) is 4.90. The van der Waals surface area contributed by atoms with E-state index in [2.05, 4.69) is 9.97 Å². The Bertz CT molecular complexity index is 866. The van der Waals surface area contributed by atoms with E-state index in [1.165, 1.54) is 18.2 Å². The van der Waals surface area contributed by atoms with Crippen LogP contribution in [0.1, 0.15) is 12.8 Å². The molecule has 8 nitrogen and oxygen atoms in total. The summed E-state index contributed by atoms with van der Waals surface area (Å²) in [4.78, 5) is 27.3. The third kappa shape index (κ3) is 2.24. The number of carboxylic acids is 1. The van der Waals surface area contributed by atoms with E-state index in [1.54, 1.807) is 0 Å². The largest absolute Gasteiger partial charge is 0.480 e. The fraction of sp³-hybridized carbons (Fsp3) is 0.333. The number of carboxylic acid groups (broad SMARTS) is 1. The first-order chi connectivity index (χ1) is 9.89. The van der Waals surface area contributed by atoms with Crippen molar-refractivity contribution in [2.45, 2.75) is 23.8 Å². The van der Waals surface area contributed by atoms with Gasteiger partial charge in [-0.2, -0.15) is 4.31 Å². The number of fused-ring (bicyclic) bond motifs is 1. The Morgan fingerprint density at radius 1 is 1.29 bits per heavy atom. The van der Waals surface area contributed by atoms with Crippen molar-refractivity contribution in [3.05, 3.63) is 28.7 Å². The number of benzene rings is 1. The number of hydrogen-bond donors (Lipinski definition) is 3. The minimum absolute atomic E-state index is 0.0293. The van der Waals surface area contributed by atoms with Gasteiger partial charge in [0.05, 0.1) is 15.9 Å². The molecule has 3 N–H and O–H groups in total. The smallest absolute Gasteiger partial charge is 0.323 e. The van der Waals surface area contributed by atoms with Crippen LogP contribution < -0.4 is 5.69 Å². The summed E-state index contributed by atoms with van der Waals surface area (Å²) in [7, 11) is -3.90. The fourth-order valence-corrected chi connectivity index (χ4v) is 4.26. The number of imidazole rings is 1. The van der Waals surface area contributed by atoms with Crippen molar-refractivity contribution in [3.63, 3.8) is 0 Å². The van der Waals surface area contributed by atoms with Crippen LogP contribution in [0.2, 0.25) is 0 Å². The maximum atomic E-state index is 12.6. The highest BCUT2D eigenvalue weighted by Crippen LogP contribution is 2.27. The van der Waals surface area contributed by atoms with Gasteiger partial charge in [0.1, 0.15) is 6.04 Å². The van der Waals surface area contributed by atoms with Gasteiger partial charge in [0.25, 0.3) is 0 Å². The van der Waals surface area contributed by atoms with Gasteiger partial charge in [-0.3, -0.25) is 4.79 Å². The van der Waals surface area contributed by atoms with E-state index in [0.29, 0.717) is 23.9 Å². The summed E-state index contributed by atoms with van der Waals surface area (Å²) in [5.74, 6) is -1.15. The van der Waals surface area contributed by atoms with Crippen molar-refractivity contribution in [1.29, 1.82) is 0 Å². The first-order valence-corrected chi connectivity index (χ1v) is 7.80. The molecule has 3 rings (SSSR count). The van der Waals surface area contributed by atoms with Crippen LogP contribution in [0, 0.1) is 0 Å². The quantitative estimate of drug-likeness (QED) is 0.741. The summed E-state index contributed by atoms with van der Waals surface area (Å²) >= 11 is 0. The van der Waals surface area contributed by atoms with Crippen molar-refractivity contribution in [2.75, 3.05) is 6.54 Å². The third-order valence-corrected chi connectivity index (χ3v) is 5.49. The van der Waals surface area contributed by atoms with Crippen LogP contribution in [0.5, 0.6) is 0 Å². The molecule has 1 aromatic carbocycles. The van der Waals surface area contributed by atoms with Gasteiger partial charge >= 0.3 is 11.7 Å². The molecule has 1 aliphatic rings. The van der Waals surface area contributed by atoms with Gasteiger partial charge in [0.15, 0.2) is 0 Å². The van der Waals surface area contributed by atoms with E-state index in [0.717, 1.165) is 4.31 Å². The minimum Gasteiger partial charge on any atom is -0.480 e. The summed E-state index contributed by atoms with van der Waals surface area (Å²) in [5.41, 5.74) is 0.437. The number of sulfonamides is 1. The predicted molar refractivity (Wildman–Crippen MR) is 73.5 cm³/mol. The van der Waals surface area contributed by atoms with Gasteiger partial charge in [0.2, 0.25) is 10.0 Å². The summed E-state index contributed by atoms with van der Waals surface area (Å²) in [6.07, 6.45) is 0.817. The lowest BCUT2D eigenvalue weighted by molar-refractivity contribution is -0.140. The van der Waals surface area contributed by atoms with Crippen LogP contribution in [0.25, 0.3) is 11.0 Å². The molecule has 0 amide bonds. The number of rotatable bonds is 3. The molecule has 21 heavy (non-hydrogen) atoms. The second-order valence-corrected chi connectivity index (χ2v) is 6.79. The molecule has 0 spiro atoms. The van der Waals surface area contributed by atoms with Crippen molar-refractivity contribution < 1.29 is 18.3 Å². The first-order valence-electron chi connectivity index (χ1n) is 6.36. The lowest BCUT2D eigenvalue weighted by atomic mass is 10.2. The Hall–Kier alpha value is -2.13. The van der Waals surface area contributed by atoms with Crippen LogP contribution in [-0.2, 0) is 14.8 Å². The lowest BCUT2D eigenvalue weighted by Crippen LogP contribution is -2.40. The van der Waals surface area contributed by atoms with Crippen LogP contribution in [0.4, 0.5) is 0 Å². The van der Waals surface area contributed by atoms with Gasteiger partial charge in [-0.25, -0.2) is 13.2 Å². The number of hydrogen-bond acceptors (Lipinski definition) is 4. The Morgan fingerprint density at radius 3 is 2.71 bits per heavy atom. The van der Waals surface area contributed by atoms with Crippen molar-refractivity contribution in [1.82, 2.24) is 14.3 Å². The van der Waals surface area contributed by atoms with E-state index in [4.69, 9.17) is 5.11 Å². The monoisotopic (exact) mass is 311 g/mol. The lowest BCUT2D eigenvalue weighted by Gasteiger charge is -2.20. The van der Waals surface area contributed by atoms with Crippen molar-refractivity contribution in [2.24, 2.45) is 0 Å². The molecule has 0 saturated carbocycles. The molecular weight excluding hydrogens is 298 g/mol. The Morgan fingerprint density at radius 2 is 2.00 bits per heavy atom. The normalized spacial score (nSPS) is 20.1. The third-order valence-electron chi connectivity index (χ3n) is 3.58.